The van der Waals surface area contributed by atoms with Crippen molar-refractivity contribution in [2.45, 2.75) is 34.1 Å². The molecule has 0 aromatic rings. The molecule has 0 saturated carbocycles. The normalized spacial score (nSPS) is 13.8. The lowest BCUT2D eigenvalue weighted by atomic mass is 9.75. The zero-order valence-electron chi connectivity index (χ0n) is 10.0. The van der Waals surface area contributed by atoms with Gasteiger partial charge in [0.2, 0.25) is 0 Å². The van der Waals surface area contributed by atoms with Crippen LogP contribution in [0.3, 0.4) is 0 Å². The van der Waals surface area contributed by atoms with E-state index in [9.17, 15) is 5.11 Å². The molecule has 0 aromatic heterocycles. The molecule has 0 rings (SSSR count). The van der Waals surface area contributed by atoms with Gasteiger partial charge >= 0.3 is 0 Å². The monoisotopic (exact) mass is 187 g/mol. The minimum Gasteiger partial charge on any atom is -0.396 e. The van der Waals surface area contributed by atoms with Gasteiger partial charge in [0.25, 0.3) is 0 Å². The molecule has 0 atom stereocenters. The van der Waals surface area contributed by atoms with Gasteiger partial charge in [0.1, 0.15) is 0 Å². The first-order valence-corrected chi connectivity index (χ1v) is 4.94. The van der Waals surface area contributed by atoms with Crippen molar-refractivity contribution in [1.82, 2.24) is 4.90 Å². The lowest BCUT2D eigenvalue weighted by Gasteiger charge is -2.35. The molecule has 1 N–H and O–H groups in total. The highest BCUT2D eigenvalue weighted by molar-refractivity contribution is 4.80. The molecule has 0 amide bonds. The van der Waals surface area contributed by atoms with Crippen molar-refractivity contribution in [3.05, 3.63) is 0 Å². The van der Waals surface area contributed by atoms with E-state index in [1.165, 1.54) is 0 Å². The second-order valence-corrected chi connectivity index (χ2v) is 5.90. The van der Waals surface area contributed by atoms with Crippen molar-refractivity contribution in [2.24, 2.45) is 10.8 Å². The van der Waals surface area contributed by atoms with Gasteiger partial charge in [-0.3, -0.25) is 0 Å². The fourth-order valence-corrected chi connectivity index (χ4v) is 2.26. The fraction of sp³-hybridized carbons (Fsp3) is 1.00. The summed E-state index contributed by atoms with van der Waals surface area (Å²) in [4.78, 5) is 2.20. The second-order valence-electron chi connectivity index (χ2n) is 5.90. The van der Waals surface area contributed by atoms with Gasteiger partial charge in [-0.15, -0.1) is 0 Å². The van der Waals surface area contributed by atoms with Gasteiger partial charge in [-0.05, 0) is 31.3 Å². The van der Waals surface area contributed by atoms with Gasteiger partial charge in [0.15, 0.2) is 0 Å². The molecule has 0 aromatic carbocycles. The van der Waals surface area contributed by atoms with E-state index in [4.69, 9.17) is 0 Å². The molecule has 0 saturated heterocycles. The van der Waals surface area contributed by atoms with E-state index < -0.39 is 0 Å². The SMILES string of the molecule is CN(C)CC(C)(C)CC(C)(C)CO. The van der Waals surface area contributed by atoms with E-state index in [-0.39, 0.29) is 17.4 Å². The maximum atomic E-state index is 9.18. The van der Waals surface area contributed by atoms with Crippen LogP contribution in [0.4, 0.5) is 0 Å². The van der Waals surface area contributed by atoms with Gasteiger partial charge in [0.05, 0.1) is 0 Å². The first-order valence-electron chi connectivity index (χ1n) is 4.94. The summed E-state index contributed by atoms with van der Waals surface area (Å²) in [7, 11) is 4.18. The van der Waals surface area contributed by atoms with Crippen LogP contribution in [-0.4, -0.2) is 37.3 Å². The first-order chi connectivity index (χ1) is 5.68. The van der Waals surface area contributed by atoms with Gasteiger partial charge in [-0.1, -0.05) is 27.7 Å². The highest BCUT2D eigenvalue weighted by Crippen LogP contribution is 2.33. The highest BCUT2D eigenvalue weighted by Gasteiger charge is 2.28. The van der Waals surface area contributed by atoms with E-state index in [1.54, 1.807) is 0 Å². The van der Waals surface area contributed by atoms with E-state index in [0.29, 0.717) is 0 Å². The quantitative estimate of drug-likeness (QED) is 0.711. The lowest BCUT2D eigenvalue weighted by Crippen LogP contribution is -2.34. The molecule has 2 heteroatoms. The average Bonchev–Trinajstić information content (AvgIpc) is 1.81. The Balaban J connectivity index is 4.16. The summed E-state index contributed by atoms with van der Waals surface area (Å²) in [6.45, 7) is 10.1. The average molecular weight is 187 g/mol. The number of hydrogen-bond donors (Lipinski definition) is 1. The van der Waals surface area contributed by atoms with Gasteiger partial charge in [-0.25, -0.2) is 0 Å². The van der Waals surface area contributed by atoms with Gasteiger partial charge < -0.3 is 10.0 Å². The molecule has 0 fully saturated rings. The molecule has 0 unspecified atom stereocenters. The van der Waals surface area contributed by atoms with Crippen LogP contribution in [-0.2, 0) is 0 Å². The molecule has 0 bridgehead atoms. The van der Waals surface area contributed by atoms with E-state index >= 15 is 0 Å². The minimum atomic E-state index is 0.0412. The molecule has 0 aliphatic heterocycles. The smallest absolute Gasteiger partial charge is 0.0482 e. The Hall–Kier alpha value is -0.0800. The molecule has 80 valence electrons. The van der Waals surface area contributed by atoms with Crippen molar-refractivity contribution >= 4 is 0 Å². The first kappa shape index (κ1) is 12.9. The summed E-state index contributed by atoms with van der Waals surface area (Å²) >= 11 is 0. The Labute approximate surface area is 82.9 Å². The molecule has 13 heavy (non-hydrogen) atoms. The van der Waals surface area contributed by atoms with E-state index in [0.717, 1.165) is 13.0 Å². The molecule has 0 aliphatic carbocycles. The largest absolute Gasteiger partial charge is 0.396 e. The Morgan fingerprint density at radius 3 is 1.77 bits per heavy atom. The minimum absolute atomic E-state index is 0.0412. The molecule has 2 nitrogen and oxygen atoms in total. The Morgan fingerprint density at radius 2 is 1.46 bits per heavy atom. The van der Waals surface area contributed by atoms with Gasteiger partial charge in [-0.2, -0.15) is 0 Å². The van der Waals surface area contributed by atoms with Crippen LogP contribution in [0.1, 0.15) is 34.1 Å². The maximum Gasteiger partial charge on any atom is 0.0482 e. The summed E-state index contributed by atoms with van der Waals surface area (Å²) in [5, 5.41) is 9.18. The number of hydrogen-bond acceptors (Lipinski definition) is 2. The predicted molar refractivity (Wildman–Crippen MR) is 57.8 cm³/mol. The van der Waals surface area contributed by atoms with Gasteiger partial charge in [0, 0.05) is 13.2 Å². The number of rotatable bonds is 5. The summed E-state index contributed by atoms with van der Waals surface area (Å²) in [5.74, 6) is 0. The number of nitrogens with zero attached hydrogens (tertiary/aromatic N) is 1. The molecule has 0 heterocycles. The summed E-state index contributed by atoms with van der Waals surface area (Å²) in [6, 6.07) is 0. The second kappa shape index (κ2) is 4.43. The summed E-state index contributed by atoms with van der Waals surface area (Å²) < 4.78 is 0. The van der Waals surface area contributed by atoms with Crippen molar-refractivity contribution in [1.29, 1.82) is 0 Å². The molecular formula is C11H25NO. The zero-order chi connectivity index (χ0) is 10.7. The van der Waals surface area contributed by atoms with Crippen LogP contribution in [0.25, 0.3) is 0 Å². The topological polar surface area (TPSA) is 23.5 Å². The van der Waals surface area contributed by atoms with Crippen molar-refractivity contribution < 1.29 is 5.11 Å². The standard InChI is InChI=1S/C11H25NO/c1-10(2,8-12(5)6)7-11(3,4)9-13/h13H,7-9H2,1-6H3. The third kappa shape index (κ3) is 6.05. The van der Waals surface area contributed by atoms with Crippen LogP contribution >= 0.6 is 0 Å². The van der Waals surface area contributed by atoms with Crippen molar-refractivity contribution in [3.8, 4) is 0 Å². The Morgan fingerprint density at radius 1 is 1.00 bits per heavy atom. The fourth-order valence-electron chi connectivity index (χ4n) is 2.26. The van der Waals surface area contributed by atoms with Crippen LogP contribution in [0.2, 0.25) is 0 Å². The third-order valence-electron chi connectivity index (χ3n) is 2.13. The van der Waals surface area contributed by atoms with Crippen LogP contribution in [0, 0.1) is 10.8 Å². The Bertz CT molecular complexity index is 150. The van der Waals surface area contributed by atoms with Crippen LogP contribution in [0.5, 0.6) is 0 Å². The lowest BCUT2D eigenvalue weighted by molar-refractivity contribution is 0.0883. The zero-order valence-corrected chi connectivity index (χ0v) is 10.0. The Kier molecular flexibility index (Phi) is 4.40. The predicted octanol–water partition coefficient (Wildman–Crippen LogP) is 1.98. The highest BCUT2D eigenvalue weighted by atomic mass is 16.3. The van der Waals surface area contributed by atoms with Crippen LogP contribution < -0.4 is 0 Å². The number of aliphatic hydroxyl groups is 1. The maximum absolute atomic E-state index is 9.18. The van der Waals surface area contributed by atoms with E-state index in [1.807, 2.05) is 0 Å². The van der Waals surface area contributed by atoms with Crippen LogP contribution in [0.15, 0.2) is 0 Å². The van der Waals surface area contributed by atoms with Crippen molar-refractivity contribution in [3.63, 3.8) is 0 Å². The van der Waals surface area contributed by atoms with Crippen molar-refractivity contribution in [2.75, 3.05) is 27.2 Å². The molecule has 0 aliphatic rings. The molecule has 0 radical (unpaired) electrons. The molecular weight excluding hydrogens is 162 g/mol. The third-order valence-corrected chi connectivity index (χ3v) is 2.13. The summed E-state index contributed by atoms with van der Waals surface area (Å²) in [5.41, 5.74) is 0.315. The summed E-state index contributed by atoms with van der Waals surface area (Å²) in [6.07, 6.45) is 1.05. The molecule has 0 spiro atoms. The number of aliphatic hydroxyl groups excluding tert-OH is 1. The van der Waals surface area contributed by atoms with E-state index in [2.05, 4.69) is 46.7 Å².